The van der Waals surface area contributed by atoms with Crippen LogP contribution in [0.15, 0.2) is 66.2 Å². The highest BCUT2D eigenvalue weighted by atomic mass is 32.2. The molecule has 4 heteroatoms. The van der Waals surface area contributed by atoms with E-state index in [4.69, 9.17) is 0 Å². The zero-order valence-electron chi connectivity index (χ0n) is 13.6. The first-order valence-corrected chi connectivity index (χ1v) is 8.75. The van der Waals surface area contributed by atoms with E-state index >= 15 is 0 Å². The van der Waals surface area contributed by atoms with Crippen LogP contribution in [0.1, 0.15) is 30.3 Å². The number of carbonyl (C=O) groups is 1. The zero-order valence-corrected chi connectivity index (χ0v) is 14.5. The van der Waals surface area contributed by atoms with Crippen molar-refractivity contribution >= 4 is 22.6 Å². The maximum atomic E-state index is 13.0. The van der Waals surface area contributed by atoms with Gasteiger partial charge in [0.15, 0.2) is 0 Å². The maximum Gasteiger partial charge on any atom is 0.267 e. The molecule has 3 nitrogen and oxygen atoms in total. The lowest BCUT2D eigenvalue weighted by molar-refractivity contribution is -0.129. The summed E-state index contributed by atoms with van der Waals surface area (Å²) in [6.45, 7) is 3.97. The molecular weight excluding hydrogens is 316 g/mol. The topological polar surface area (TPSA) is 44.1 Å². The van der Waals surface area contributed by atoms with Crippen LogP contribution in [0.2, 0.25) is 0 Å². The van der Waals surface area contributed by atoms with Gasteiger partial charge in [0.2, 0.25) is 0 Å². The molecule has 1 heterocycles. The maximum absolute atomic E-state index is 13.0. The molecule has 24 heavy (non-hydrogen) atoms. The van der Waals surface area contributed by atoms with Crippen molar-refractivity contribution in [3.63, 3.8) is 0 Å². The minimum Gasteiger partial charge on any atom is -0.319 e. The summed E-state index contributed by atoms with van der Waals surface area (Å²) in [5.41, 5.74) is 2.21. The second-order valence-corrected chi connectivity index (χ2v) is 6.96. The van der Waals surface area contributed by atoms with Gasteiger partial charge in [-0.2, -0.15) is 5.26 Å². The van der Waals surface area contributed by atoms with Crippen LogP contribution in [-0.4, -0.2) is 16.8 Å². The van der Waals surface area contributed by atoms with E-state index in [1.165, 1.54) is 0 Å². The van der Waals surface area contributed by atoms with Gasteiger partial charge in [-0.15, -0.1) is 0 Å². The summed E-state index contributed by atoms with van der Waals surface area (Å²) in [7, 11) is 0. The molecular formula is C20H18N2OS. The van der Waals surface area contributed by atoms with Gasteiger partial charge in [0.1, 0.15) is 17.0 Å². The third-order valence-electron chi connectivity index (χ3n) is 3.95. The SMILES string of the molecule is CC(C)N1C(=O)C(C#N)=C(c2ccccc2)SC1c1ccccc1. The van der Waals surface area contributed by atoms with Crippen molar-refractivity contribution < 1.29 is 4.79 Å². The third kappa shape index (κ3) is 2.95. The monoisotopic (exact) mass is 334 g/mol. The second kappa shape index (κ2) is 6.94. The fraction of sp³-hybridized carbons (Fsp3) is 0.200. The highest BCUT2D eigenvalue weighted by Crippen LogP contribution is 2.48. The van der Waals surface area contributed by atoms with Crippen molar-refractivity contribution in [1.82, 2.24) is 4.90 Å². The summed E-state index contributed by atoms with van der Waals surface area (Å²) < 4.78 is 0. The average molecular weight is 334 g/mol. The van der Waals surface area contributed by atoms with E-state index < -0.39 is 0 Å². The van der Waals surface area contributed by atoms with E-state index in [1.807, 2.05) is 74.5 Å². The molecule has 1 aliphatic rings. The van der Waals surface area contributed by atoms with Gasteiger partial charge in [-0.3, -0.25) is 4.79 Å². The minimum absolute atomic E-state index is 0.0101. The van der Waals surface area contributed by atoms with E-state index in [0.29, 0.717) is 0 Å². The van der Waals surface area contributed by atoms with Crippen molar-refractivity contribution in [1.29, 1.82) is 5.26 Å². The molecule has 1 unspecified atom stereocenters. The summed E-state index contributed by atoms with van der Waals surface area (Å²) in [5.74, 6) is -0.195. The van der Waals surface area contributed by atoms with Crippen LogP contribution in [0.25, 0.3) is 4.91 Å². The van der Waals surface area contributed by atoms with Crippen molar-refractivity contribution in [3.8, 4) is 6.07 Å². The van der Waals surface area contributed by atoms with Crippen LogP contribution in [0.4, 0.5) is 0 Å². The lowest BCUT2D eigenvalue weighted by Gasteiger charge is -2.39. The fourth-order valence-corrected chi connectivity index (χ4v) is 4.30. The molecule has 0 aromatic heterocycles. The Morgan fingerprint density at radius 1 is 1.04 bits per heavy atom. The predicted molar refractivity (Wildman–Crippen MR) is 97.7 cm³/mol. The molecule has 2 aromatic rings. The first-order valence-electron chi connectivity index (χ1n) is 7.87. The van der Waals surface area contributed by atoms with E-state index in [0.717, 1.165) is 16.0 Å². The van der Waals surface area contributed by atoms with Gasteiger partial charge < -0.3 is 4.90 Å². The largest absolute Gasteiger partial charge is 0.319 e. The quantitative estimate of drug-likeness (QED) is 0.823. The molecule has 0 fully saturated rings. The number of carbonyl (C=O) groups excluding carboxylic acids is 1. The lowest BCUT2D eigenvalue weighted by atomic mass is 10.1. The summed E-state index contributed by atoms with van der Waals surface area (Å²) in [4.78, 5) is 15.6. The van der Waals surface area contributed by atoms with Gasteiger partial charge >= 0.3 is 0 Å². The van der Waals surface area contributed by atoms with Gasteiger partial charge in [-0.05, 0) is 25.0 Å². The summed E-state index contributed by atoms with van der Waals surface area (Å²) in [6.07, 6.45) is 0. The molecule has 0 saturated heterocycles. The first kappa shape index (κ1) is 16.4. The van der Waals surface area contributed by atoms with Crippen molar-refractivity contribution in [2.24, 2.45) is 0 Å². The highest BCUT2D eigenvalue weighted by molar-refractivity contribution is 8.08. The Balaban J connectivity index is 2.14. The number of hydrogen-bond donors (Lipinski definition) is 0. The summed E-state index contributed by atoms with van der Waals surface area (Å²) >= 11 is 1.57. The van der Waals surface area contributed by atoms with Crippen LogP contribution in [0.3, 0.4) is 0 Å². The zero-order chi connectivity index (χ0) is 17.1. The number of rotatable bonds is 3. The summed E-state index contributed by atoms with van der Waals surface area (Å²) in [6, 6.07) is 21.8. The molecule has 0 N–H and O–H groups in total. The van der Waals surface area contributed by atoms with Crippen LogP contribution in [0.5, 0.6) is 0 Å². The van der Waals surface area contributed by atoms with Gasteiger partial charge in [0.05, 0.1) is 0 Å². The van der Waals surface area contributed by atoms with E-state index in [9.17, 15) is 10.1 Å². The standard InChI is InChI=1S/C20H18N2OS/c1-14(2)22-19(23)17(13-21)18(15-9-5-3-6-10-15)24-20(22)16-11-7-4-8-12-16/h3-12,14,20H,1-2H3. The Hall–Kier alpha value is -2.51. The molecule has 120 valence electrons. The summed E-state index contributed by atoms with van der Waals surface area (Å²) in [5, 5.41) is 9.45. The van der Waals surface area contributed by atoms with Crippen LogP contribution >= 0.6 is 11.8 Å². The van der Waals surface area contributed by atoms with E-state index in [1.54, 1.807) is 16.7 Å². The number of benzene rings is 2. The van der Waals surface area contributed by atoms with Crippen LogP contribution < -0.4 is 0 Å². The number of nitrogens with zero attached hydrogens (tertiary/aromatic N) is 2. The number of amides is 1. The molecule has 0 spiro atoms. The van der Waals surface area contributed by atoms with Crippen molar-refractivity contribution in [2.45, 2.75) is 25.3 Å². The van der Waals surface area contributed by atoms with Gasteiger partial charge in [-0.1, -0.05) is 72.4 Å². The third-order valence-corrected chi connectivity index (χ3v) is 5.34. The Bertz CT molecular complexity index is 807. The van der Waals surface area contributed by atoms with Crippen molar-refractivity contribution in [2.75, 3.05) is 0 Å². The lowest BCUT2D eigenvalue weighted by Crippen LogP contribution is -2.42. The number of nitriles is 1. The van der Waals surface area contributed by atoms with Gasteiger partial charge in [0.25, 0.3) is 5.91 Å². The molecule has 2 aromatic carbocycles. The second-order valence-electron chi connectivity index (χ2n) is 5.87. The minimum atomic E-state index is -0.195. The van der Waals surface area contributed by atoms with Crippen LogP contribution in [-0.2, 0) is 4.79 Å². The van der Waals surface area contributed by atoms with E-state index in [2.05, 4.69) is 6.07 Å². The molecule has 1 amide bonds. The normalized spacial score (nSPS) is 18.0. The average Bonchev–Trinajstić information content (AvgIpc) is 2.62. The van der Waals surface area contributed by atoms with E-state index in [-0.39, 0.29) is 22.9 Å². The number of hydrogen-bond acceptors (Lipinski definition) is 3. The van der Waals surface area contributed by atoms with Crippen LogP contribution in [0, 0.1) is 11.3 Å². The van der Waals surface area contributed by atoms with Gasteiger partial charge in [0, 0.05) is 10.9 Å². The molecule has 0 aliphatic carbocycles. The molecule has 3 rings (SSSR count). The Morgan fingerprint density at radius 2 is 1.62 bits per heavy atom. The number of thioether (sulfide) groups is 1. The molecule has 0 bridgehead atoms. The highest BCUT2D eigenvalue weighted by Gasteiger charge is 2.37. The molecule has 0 saturated carbocycles. The molecule has 1 aliphatic heterocycles. The molecule has 0 radical (unpaired) electrons. The van der Waals surface area contributed by atoms with Gasteiger partial charge in [-0.25, -0.2) is 0 Å². The predicted octanol–water partition coefficient (Wildman–Crippen LogP) is 4.60. The Labute approximate surface area is 146 Å². The Morgan fingerprint density at radius 3 is 2.17 bits per heavy atom. The fourth-order valence-electron chi connectivity index (χ4n) is 2.81. The first-order chi connectivity index (χ1) is 11.6. The smallest absolute Gasteiger partial charge is 0.267 e. The van der Waals surface area contributed by atoms with Crippen molar-refractivity contribution in [3.05, 3.63) is 77.4 Å². The molecule has 1 atom stereocenters. The Kier molecular flexibility index (Phi) is 4.73.